The predicted octanol–water partition coefficient (Wildman–Crippen LogP) is 2.47. The van der Waals surface area contributed by atoms with Crippen LogP contribution in [0.4, 0.5) is 5.69 Å². The topological polar surface area (TPSA) is 121 Å². The van der Waals surface area contributed by atoms with Crippen molar-refractivity contribution in [2.24, 2.45) is 0 Å². The molecule has 9 nitrogen and oxygen atoms in total. The number of rotatable bonds is 7. The zero-order valence-electron chi connectivity index (χ0n) is 15.1. The summed E-state index contributed by atoms with van der Waals surface area (Å²) in [5, 5.41) is 3.85. The van der Waals surface area contributed by atoms with E-state index in [0.29, 0.717) is 17.1 Å². The van der Waals surface area contributed by atoms with Gasteiger partial charge in [0, 0.05) is 5.56 Å². The molecule has 0 aliphatic carbocycles. The van der Waals surface area contributed by atoms with Crippen molar-refractivity contribution in [3.63, 3.8) is 0 Å². The largest absolute Gasteiger partial charge is 0.497 e. The molecule has 3 rings (SSSR count). The van der Waals surface area contributed by atoms with Crippen molar-refractivity contribution in [1.29, 1.82) is 0 Å². The van der Waals surface area contributed by atoms with Gasteiger partial charge < -0.3 is 14.0 Å². The van der Waals surface area contributed by atoms with Gasteiger partial charge in [0.1, 0.15) is 5.75 Å². The van der Waals surface area contributed by atoms with Gasteiger partial charge in [-0.2, -0.15) is 4.98 Å². The first-order valence-electron chi connectivity index (χ1n) is 8.06. The maximum atomic E-state index is 12.3. The van der Waals surface area contributed by atoms with Gasteiger partial charge in [0.15, 0.2) is 6.61 Å². The Kier molecular flexibility index (Phi) is 5.59. The van der Waals surface area contributed by atoms with Crippen molar-refractivity contribution in [3.8, 4) is 17.1 Å². The Morgan fingerprint density at radius 3 is 2.71 bits per heavy atom. The SMILES string of the molecule is COc1cccc(-c2noc(COC(=O)c3ccccc3NS(C)(=O)=O)n2)c1. The number of ether oxygens (including phenoxy) is 2. The van der Waals surface area contributed by atoms with Gasteiger partial charge in [0.05, 0.1) is 24.6 Å². The number of anilines is 1. The van der Waals surface area contributed by atoms with Crippen molar-refractivity contribution in [2.45, 2.75) is 6.61 Å². The number of esters is 1. The monoisotopic (exact) mass is 403 g/mol. The molecule has 0 saturated carbocycles. The summed E-state index contributed by atoms with van der Waals surface area (Å²) in [5.74, 6) is 0.335. The molecular weight excluding hydrogens is 386 g/mol. The van der Waals surface area contributed by atoms with E-state index in [4.69, 9.17) is 14.0 Å². The molecule has 0 radical (unpaired) electrons. The van der Waals surface area contributed by atoms with Crippen LogP contribution in [-0.4, -0.2) is 37.9 Å². The highest BCUT2D eigenvalue weighted by Gasteiger charge is 2.17. The van der Waals surface area contributed by atoms with Crippen LogP contribution in [0, 0.1) is 0 Å². The lowest BCUT2D eigenvalue weighted by Crippen LogP contribution is -2.14. The third-order valence-electron chi connectivity index (χ3n) is 3.57. The van der Waals surface area contributed by atoms with Crippen molar-refractivity contribution in [2.75, 3.05) is 18.1 Å². The Morgan fingerprint density at radius 2 is 1.96 bits per heavy atom. The highest BCUT2D eigenvalue weighted by atomic mass is 32.2. The molecular formula is C18H17N3O6S. The lowest BCUT2D eigenvalue weighted by atomic mass is 10.2. The van der Waals surface area contributed by atoms with E-state index in [1.807, 2.05) is 0 Å². The first-order chi connectivity index (χ1) is 13.4. The quantitative estimate of drug-likeness (QED) is 0.597. The molecule has 0 bridgehead atoms. The lowest BCUT2D eigenvalue weighted by molar-refractivity contribution is 0.0431. The molecule has 0 spiro atoms. The zero-order valence-corrected chi connectivity index (χ0v) is 15.9. The predicted molar refractivity (Wildman–Crippen MR) is 100 cm³/mol. The fourth-order valence-electron chi connectivity index (χ4n) is 2.35. The number of hydrogen-bond acceptors (Lipinski definition) is 8. The Balaban J connectivity index is 1.70. The molecule has 0 atom stereocenters. The summed E-state index contributed by atoms with van der Waals surface area (Å²) >= 11 is 0. The molecule has 1 heterocycles. The molecule has 0 unspecified atom stereocenters. The van der Waals surface area contributed by atoms with Gasteiger partial charge in [-0.3, -0.25) is 4.72 Å². The van der Waals surface area contributed by atoms with Gasteiger partial charge in [-0.25, -0.2) is 13.2 Å². The van der Waals surface area contributed by atoms with Crippen LogP contribution < -0.4 is 9.46 Å². The highest BCUT2D eigenvalue weighted by Crippen LogP contribution is 2.22. The summed E-state index contributed by atoms with van der Waals surface area (Å²) in [6.07, 6.45) is 0.994. The van der Waals surface area contributed by atoms with Crippen LogP contribution in [-0.2, 0) is 21.4 Å². The second-order valence-corrected chi connectivity index (χ2v) is 7.49. The highest BCUT2D eigenvalue weighted by molar-refractivity contribution is 7.92. The Bertz CT molecular complexity index is 1090. The molecule has 0 saturated heterocycles. The van der Waals surface area contributed by atoms with E-state index >= 15 is 0 Å². The summed E-state index contributed by atoms with van der Waals surface area (Å²) in [7, 11) is -1.99. The molecule has 1 N–H and O–H groups in total. The second kappa shape index (κ2) is 8.09. The van der Waals surface area contributed by atoms with Crippen LogP contribution >= 0.6 is 0 Å². The van der Waals surface area contributed by atoms with Crippen molar-refractivity contribution in [3.05, 3.63) is 60.0 Å². The molecule has 10 heteroatoms. The normalized spacial score (nSPS) is 11.1. The Hall–Kier alpha value is -3.40. The Morgan fingerprint density at radius 1 is 1.18 bits per heavy atom. The number of carbonyl (C=O) groups is 1. The number of benzene rings is 2. The molecule has 0 aliphatic rings. The van der Waals surface area contributed by atoms with Crippen LogP contribution in [0.3, 0.4) is 0 Å². The molecule has 0 amide bonds. The zero-order chi connectivity index (χ0) is 20.1. The van der Waals surface area contributed by atoms with Crippen molar-refractivity contribution < 1.29 is 27.2 Å². The third kappa shape index (κ3) is 4.86. The van der Waals surface area contributed by atoms with Crippen LogP contribution in [0.2, 0.25) is 0 Å². The van der Waals surface area contributed by atoms with Crippen LogP contribution in [0.1, 0.15) is 16.2 Å². The van der Waals surface area contributed by atoms with E-state index in [2.05, 4.69) is 14.9 Å². The summed E-state index contributed by atoms with van der Waals surface area (Å²) in [6, 6.07) is 13.2. The number of aromatic nitrogens is 2. The number of para-hydroxylation sites is 1. The van der Waals surface area contributed by atoms with Gasteiger partial charge in [-0.15, -0.1) is 0 Å². The molecule has 3 aromatic rings. The van der Waals surface area contributed by atoms with E-state index in [9.17, 15) is 13.2 Å². The average Bonchev–Trinajstić information content (AvgIpc) is 3.14. The van der Waals surface area contributed by atoms with Gasteiger partial charge in [0.25, 0.3) is 5.89 Å². The second-order valence-electron chi connectivity index (χ2n) is 5.74. The number of nitrogens with one attached hydrogen (secondary N) is 1. The van der Waals surface area contributed by atoms with E-state index in [1.54, 1.807) is 43.5 Å². The first-order valence-corrected chi connectivity index (χ1v) is 9.96. The summed E-state index contributed by atoms with van der Waals surface area (Å²) < 4.78 is 40.6. The smallest absolute Gasteiger partial charge is 0.340 e. The third-order valence-corrected chi connectivity index (χ3v) is 4.16. The average molecular weight is 403 g/mol. The number of nitrogens with zero attached hydrogens (tertiary/aromatic N) is 2. The molecule has 0 fully saturated rings. The number of carbonyl (C=O) groups excluding carboxylic acids is 1. The van der Waals surface area contributed by atoms with Gasteiger partial charge in [0.2, 0.25) is 15.8 Å². The van der Waals surface area contributed by atoms with Crippen molar-refractivity contribution >= 4 is 21.7 Å². The van der Waals surface area contributed by atoms with Crippen LogP contribution in [0.5, 0.6) is 5.75 Å². The molecule has 146 valence electrons. The van der Waals surface area contributed by atoms with Gasteiger partial charge >= 0.3 is 5.97 Å². The van der Waals surface area contributed by atoms with E-state index in [0.717, 1.165) is 6.26 Å². The molecule has 28 heavy (non-hydrogen) atoms. The minimum absolute atomic E-state index is 0.0699. The van der Waals surface area contributed by atoms with E-state index < -0.39 is 16.0 Å². The van der Waals surface area contributed by atoms with Crippen LogP contribution in [0.25, 0.3) is 11.4 Å². The minimum Gasteiger partial charge on any atom is -0.497 e. The Labute approximate surface area is 161 Å². The van der Waals surface area contributed by atoms with Crippen LogP contribution in [0.15, 0.2) is 53.1 Å². The standard InChI is InChI=1S/C18H17N3O6S/c1-25-13-7-5-6-12(10-13)17-19-16(27-20-17)11-26-18(22)14-8-3-4-9-15(14)21-28(2,23)24/h3-10,21H,11H2,1-2H3. The molecule has 1 aromatic heterocycles. The number of sulfonamides is 1. The van der Waals surface area contributed by atoms with Crippen molar-refractivity contribution in [1.82, 2.24) is 10.1 Å². The maximum Gasteiger partial charge on any atom is 0.340 e. The lowest BCUT2D eigenvalue weighted by Gasteiger charge is -2.09. The first kappa shape index (κ1) is 19.4. The summed E-state index contributed by atoms with van der Waals surface area (Å²) in [6.45, 7) is -0.261. The van der Waals surface area contributed by atoms with E-state index in [-0.39, 0.29) is 23.7 Å². The fraction of sp³-hybridized carbons (Fsp3) is 0.167. The molecule has 0 aliphatic heterocycles. The van der Waals surface area contributed by atoms with Gasteiger partial charge in [-0.1, -0.05) is 29.4 Å². The number of methoxy groups -OCH3 is 1. The molecule has 2 aromatic carbocycles. The van der Waals surface area contributed by atoms with E-state index in [1.165, 1.54) is 12.1 Å². The summed E-state index contributed by atoms with van der Waals surface area (Å²) in [5.41, 5.74) is 0.876. The number of hydrogen-bond donors (Lipinski definition) is 1. The summed E-state index contributed by atoms with van der Waals surface area (Å²) in [4.78, 5) is 16.5. The maximum absolute atomic E-state index is 12.3. The van der Waals surface area contributed by atoms with Gasteiger partial charge in [-0.05, 0) is 24.3 Å². The fourth-order valence-corrected chi connectivity index (χ4v) is 2.93. The minimum atomic E-state index is -3.54.